The third-order valence-corrected chi connectivity index (χ3v) is 1.81. The van der Waals surface area contributed by atoms with Gasteiger partial charge in [0.2, 0.25) is 0 Å². The van der Waals surface area contributed by atoms with Crippen molar-refractivity contribution in [3.63, 3.8) is 0 Å². The maximum atomic E-state index is 13.0. The van der Waals surface area contributed by atoms with E-state index in [1.807, 2.05) is 13.8 Å². The normalized spacial score (nSPS) is 42.5. The van der Waals surface area contributed by atoms with Gasteiger partial charge in [0.1, 0.15) is 6.10 Å². The highest BCUT2D eigenvalue weighted by atomic mass is 19.1. The zero-order chi connectivity index (χ0) is 9.30. The van der Waals surface area contributed by atoms with Crippen molar-refractivity contribution in [2.75, 3.05) is 0 Å². The highest BCUT2D eigenvalue weighted by Gasteiger charge is 2.42. The molecule has 4 atom stereocenters. The Hall–Kier alpha value is -0.190. The zero-order valence-corrected chi connectivity index (χ0v) is 7.53. The highest BCUT2D eigenvalue weighted by Crippen LogP contribution is 2.25. The van der Waals surface area contributed by atoms with E-state index in [9.17, 15) is 9.50 Å². The second-order valence-electron chi connectivity index (χ2n) is 3.33. The predicted molar refractivity (Wildman–Crippen MR) is 41.5 cm³/mol. The van der Waals surface area contributed by atoms with Gasteiger partial charge in [0.05, 0.1) is 12.2 Å². The average Bonchev–Trinajstić information content (AvgIpc) is 2.17. The van der Waals surface area contributed by atoms with Crippen LogP contribution in [0.15, 0.2) is 0 Å². The van der Waals surface area contributed by atoms with Crippen molar-refractivity contribution in [3.8, 4) is 0 Å². The van der Waals surface area contributed by atoms with Crippen molar-refractivity contribution in [1.29, 1.82) is 0 Å². The summed E-state index contributed by atoms with van der Waals surface area (Å²) in [4.78, 5) is 0. The van der Waals surface area contributed by atoms with Crippen LogP contribution >= 0.6 is 0 Å². The Labute approximate surface area is 71.5 Å². The predicted octanol–water partition coefficient (Wildman–Crippen LogP) is 0.855. The highest BCUT2D eigenvalue weighted by molar-refractivity contribution is 4.84. The smallest absolute Gasteiger partial charge is 0.187 e. The lowest BCUT2D eigenvalue weighted by atomic mass is 10.2. The molecule has 1 heterocycles. The first-order valence-electron chi connectivity index (χ1n) is 4.15. The SMILES string of the molecule is CC(C)O[C@@H]1O[C@H](C)[C@H](F)[C@H]1O. The summed E-state index contributed by atoms with van der Waals surface area (Å²) in [5, 5.41) is 9.25. The van der Waals surface area contributed by atoms with Crippen LogP contribution in [-0.4, -0.2) is 35.9 Å². The number of ether oxygens (including phenoxy) is 2. The summed E-state index contributed by atoms with van der Waals surface area (Å²) in [7, 11) is 0. The Bertz CT molecular complexity index is 149. The molecule has 1 aliphatic heterocycles. The third-order valence-electron chi connectivity index (χ3n) is 1.81. The van der Waals surface area contributed by atoms with E-state index in [0.717, 1.165) is 0 Å². The minimum atomic E-state index is -1.34. The molecule has 0 saturated carbocycles. The number of hydrogen-bond acceptors (Lipinski definition) is 3. The van der Waals surface area contributed by atoms with Crippen LogP contribution in [0.4, 0.5) is 4.39 Å². The lowest BCUT2D eigenvalue weighted by Gasteiger charge is -2.17. The van der Waals surface area contributed by atoms with Gasteiger partial charge >= 0.3 is 0 Å². The first-order valence-corrected chi connectivity index (χ1v) is 4.15. The van der Waals surface area contributed by atoms with Crippen molar-refractivity contribution < 1.29 is 19.0 Å². The quantitative estimate of drug-likeness (QED) is 0.681. The zero-order valence-electron chi connectivity index (χ0n) is 7.53. The summed E-state index contributed by atoms with van der Waals surface area (Å²) in [6, 6.07) is 0. The van der Waals surface area contributed by atoms with Crippen LogP contribution in [0.3, 0.4) is 0 Å². The van der Waals surface area contributed by atoms with Crippen molar-refractivity contribution in [2.24, 2.45) is 0 Å². The Balaban J connectivity index is 2.47. The van der Waals surface area contributed by atoms with Gasteiger partial charge in [-0.05, 0) is 20.8 Å². The lowest BCUT2D eigenvalue weighted by molar-refractivity contribution is -0.181. The lowest BCUT2D eigenvalue weighted by Crippen LogP contribution is -2.31. The molecule has 72 valence electrons. The summed E-state index contributed by atoms with van der Waals surface area (Å²) in [6.45, 7) is 5.20. The van der Waals surface area contributed by atoms with E-state index in [1.165, 1.54) is 0 Å². The van der Waals surface area contributed by atoms with Crippen molar-refractivity contribution in [2.45, 2.75) is 51.5 Å². The average molecular weight is 178 g/mol. The first-order chi connectivity index (χ1) is 5.52. The van der Waals surface area contributed by atoms with Gasteiger partial charge < -0.3 is 14.6 Å². The molecule has 1 rings (SSSR count). The number of hydrogen-bond donors (Lipinski definition) is 1. The molecule has 0 bridgehead atoms. The van der Waals surface area contributed by atoms with E-state index in [-0.39, 0.29) is 6.10 Å². The Morgan fingerprint density at radius 1 is 1.50 bits per heavy atom. The molecule has 1 fully saturated rings. The molecular weight excluding hydrogens is 163 g/mol. The second kappa shape index (κ2) is 3.68. The maximum absolute atomic E-state index is 13.0. The molecular formula is C8H15FO3. The van der Waals surface area contributed by atoms with Crippen LogP contribution in [0.5, 0.6) is 0 Å². The van der Waals surface area contributed by atoms with E-state index in [1.54, 1.807) is 6.92 Å². The molecule has 1 N–H and O–H groups in total. The number of halogens is 1. The van der Waals surface area contributed by atoms with Crippen LogP contribution in [0, 0.1) is 0 Å². The van der Waals surface area contributed by atoms with Gasteiger partial charge in [0.25, 0.3) is 0 Å². The van der Waals surface area contributed by atoms with E-state index < -0.39 is 24.7 Å². The molecule has 0 aromatic carbocycles. The molecule has 12 heavy (non-hydrogen) atoms. The van der Waals surface area contributed by atoms with Crippen LogP contribution in [0.2, 0.25) is 0 Å². The Morgan fingerprint density at radius 3 is 2.42 bits per heavy atom. The van der Waals surface area contributed by atoms with Gasteiger partial charge in [0, 0.05) is 0 Å². The summed E-state index contributed by atoms with van der Waals surface area (Å²) < 4.78 is 23.2. The van der Waals surface area contributed by atoms with Gasteiger partial charge in [-0.25, -0.2) is 4.39 Å². The molecule has 3 nitrogen and oxygen atoms in total. The Morgan fingerprint density at radius 2 is 2.08 bits per heavy atom. The minimum Gasteiger partial charge on any atom is -0.385 e. The molecule has 1 aliphatic rings. The molecule has 1 saturated heterocycles. The third kappa shape index (κ3) is 1.94. The number of rotatable bonds is 2. The van der Waals surface area contributed by atoms with Gasteiger partial charge in [0.15, 0.2) is 12.5 Å². The van der Waals surface area contributed by atoms with Crippen LogP contribution in [-0.2, 0) is 9.47 Å². The van der Waals surface area contributed by atoms with Gasteiger partial charge in [-0.1, -0.05) is 0 Å². The summed E-state index contributed by atoms with van der Waals surface area (Å²) in [6.07, 6.45) is -3.95. The molecule has 0 spiro atoms. The van der Waals surface area contributed by atoms with E-state index in [0.29, 0.717) is 0 Å². The van der Waals surface area contributed by atoms with Crippen molar-refractivity contribution in [3.05, 3.63) is 0 Å². The first kappa shape index (κ1) is 9.89. The molecule has 0 radical (unpaired) electrons. The molecule has 0 amide bonds. The van der Waals surface area contributed by atoms with E-state index in [4.69, 9.17) is 9.47 Å². The molecule has 0 aromatic heterocycles. The second-order valence-corrected chi connectivity index (χ2v) is 3.33. The topological polar surface area (TPSA) is 38.7 Å². The minimum absolute atomic E-state index is 0.0675. The number of aliphatic hydroxyl groups excluding tert-OH is 1. The number of aliphatic hydroxyl groups is 1. The van der Waals surface area contributed by atoms with E-state index in [2.05, 4.69) is 0 Å². The maximum Gasteiger partial charge on any atom is 0.187 e. The standard InChI is InChI=1S/C8H15FO3/c1-4(2)11-8-7(10)6(9)5(3)12-8/h4-8,10H,1-3H3/t5-,6+,7-,8-/m1/s1. The fourth-order valence-corrected chi connectivity index (χ4v) is 1.18. The Kier molecular flexibility index (Phi) is 3.04. The van der Waals surface area contributed by atoms with Gasteiger partial charge in [-0.15, -0.1) is 0 Å². The van der Waals surface area contributed by atoms with Crippen LogP contribution in [0.1, 0.15) is 20.8 Å². The molecule has 0 aromatic rings. The summed E-state index contributed by atoms with van der Waals surface area (Å²) in [5.41, 5.74) is 0. The van der Waals surface area contributed by atoms with Crippen molar-refractivity contribution in [1.82, 2.24) is 0 Å². The fourth-order valence-electron chi connectivity index (χ4n) is 1.18. The number of alkyl halides is 1. The van der Waals surface area contributed by atoms with E-state index >= 15 is 0 Å². The van der Waals surface area contributed by atoms with Gasteiger partial charge in [-0.3, -0.25) is 0 Å². The summed E-state index contributed by atoms with van der Waals surface area (Å²) >= 11 is 0. The largest absolute Gasteiger partial charge is 0.385 e. The fraction of sp³-hybridized carbons (Fsp3) is 1.00. The summed E-state index contributed by atoms with van der Waals surface area (Å²) in [5.74, 6) is 0. The monoisotopic (exact) mass is 178 g/mol. The molecule has 0 unspecified atom stereocenters. The van der Waals surface area contributed by atoms with Crippen LogP contribution in [0.25, 0.3) is 0 Å². The molecule has 4 heteroatoms. The molecule has 0 aliphatic carbocycles. The van der Waals surface area contributed by atoms with Crippen molar-refractivity contribution >= 4 is 0 Å². The van der Waals surface area contributed by atoms with Crippen LogP contribution < -0.4 is 0 Å². The van der Waals surface area contributed by atoms with Gasteiger partial charge in [-0.2, -0.15) is 0 Å².